The molecular weight excluding hydrogens is 370 g/mol. The van der Waals surface area contributed by atoms with E-state index in [1.807, 2.05) is 31.7 Å². The summed E-state index contributed by atoms with van der Waals surface area (Å²) >= 11 is 1.84. The van der Waals surface area contributed by atoms with Gasteiger partial charge in [0.1, 0.15) is 5.82 Å². The average Bonchev–Trinajstić information content (AvgIpc) is 2.96. The highest BCUT2D eigenvalue weighted by Crippen LogP contribution is 2.26. The zero-order chi connectivity index (χ0) is 18.7. The standard InChI is InChI=1S/C13H19N5OS.H2O4S/c1-3-10-14-12-9-13(15-11(4-2)17(12)16-10)18(19)5-7-20-8-6-18;1-5(2,3)4/h9H,3-8H2,1-2H3;(H2,1,2,3,4). The van der Waals surface area contributed by atoms with E-state index in [9.17, 15) is 5.21 Å². The van der Waals surface area contributed by atoms with E-state index < -0.39 is 10.4 Å². The highest BCUT2D eigenvalue weighted by molar-refractivity contribution is 7.99. The summed E-state index contributed by atoms with van der Waals surface area (Å²) in [5, 5.41) is 17.4. The molecule has 2 aromatic rings. The smallest absolute Gasteiger partial charge is 0.394 e. The van der Waals surface area contributed by atoms with Crippen molar-refractivity contribution in [1.29, 1.82) is 0 Å². The predicted octanol–water partition coefficient (Wildman–Crippen LogP) is 1.15. The zero-order valence-corrected chi connectivity index (χ0v) is 15.6. The van der Waals surface area contributed by atoms with Crippen molar-refractivity contribution >= 4 is 33.6 Å². The van der Waals surface area contributed by atoms with E-state index in [-0.39, 0.29) is 4.65 Å². The van der Waals surface area contributed by atoms with E-state index in [4.69, 9.17) is 17.5 Å². The van der Waals surface area contributed by atoms with Crippen molar-refractivity contribution in [3.63, 3.8) is 0 Å². The summed E-state index contributed by atoms with van der Waals surface area (Å²) in [4.78, 5) is 9.06. The molecule has 140 valence electrons. The number of hydrogen-bond donors (Lipinski definition) is 2. The molecule has 2 N–H and O–H groups in total. The molecule has 0 aromatic carbocycles. The SMILES string of the molecule is CCc1nc2cc([N+]3([O-])CCSCC3)nc(CC)n2n1.O=S(=O)(O)O. The van der Waals surface area contributed by atoms with Crippen molar-refractivity contribution < 1.29 is 17.5 Å². The molecule has 3 heterocycles. The number of quaternary nitrogens is 1. The predicted molar refractivity (Wildman–Crippen MR) is 95.9 cm³/mol. The molecule has 1 aliphatic heterocycles. The lowest BCUT2D eigenvalue weighted by molar-refractivity contribution is 0.381. The Labute approximate surface area is 150 Å². The van der Waals surface area contributed by atoms with Gasteiger partial charge in [-0.2, -0.15) is 29.7 Å². The van der Waals surface area contributed by atoms with Gasteiger partial charge in [0.15, 0.2) is 11.5 Å². The van der Waals surface area contributed by atoms with Crippen LogP contribution in [0.1, 0.15) is 25.5 Å². The van der Waals surface area contributed by atoms with Crippen molar-refractivity contribution in [2.75, 3.05) is 24.6 Å². The van der Waals surface area contributed by atoms with Crippen LogP contribution in [0.2, 0.25) is 0 Å². The lowest BCUT2D eigenvalue weighted by Gasteiger charge is -2.43. The molecule has 0 bridgehead atoms. The van der Waals surface area contributed by atoms with Crippen LogP contribution < -0.4 is 4.65 Å². The van der Waals surface area contributed by atoms with Gasteiger partial charge in [0, 0.05) is 24.3 Å². The Balaban J connectivity index is 0.000000399. The van der Waals surface area contributed by atoms with Crippen molar-refractivity contribution in [3.05, 3.63) is 22.9 Å². The Morgan fingerprint density at radius 1 is 1.24 bits per heavy atom. The Hall–Kier alpha value is -1.31. The molecule has 0 saturated carbocycles. The summed E-state index contributed by atoms with van der Waals surface area (Å²) in [5.41, 5.74) is 0.746. The highest BCUT2D eigenvalue weighted by atomic mass is 32.3. The lowest BCUT2D eigenvalue weighted by Crippen LogP contribution is -2.50. The van der Waals surface area contributed by atoms with Gasteiger partial charge in [-0.3, -0.25) is 9.11 Å². The topological polar surface area (TPSA) is 141 Å². The minimum Gasteiger partial charge on any atom is -0.626 e. The Morgan fingerprint density at radius 3 is 2.36 bits per heavy atom. The van der Waals surface area contributed by atoms with Crippen LogP contribution >= 0.6 is 11.8 Å². The lowest BCUT2D eigenvalue weighted by atomic mass is 10.3. The van der Waals surface area contributed by atoms with E-state index in [0.29, 0.717) is 18.9 Å². The first kappa shape index (κ1) is 20.0. The maximum absolute atomic E-state index is 12.9. The number of hydroxylamine groups is 2. The number of fused-ring (bicyclic) bond motifs is 1. The van der Waals surface area contributed by atoms with Crippen LogP contribution in [0.15, 0.2) is 6.07 Å². The number of nitrogens with zero attached hydrogens (tertiary/aromatic N) is 5. The van der Waals surface area contributed by atoms with Gasteiger partial charge >= 0.3 is 10.4 Å². The van der Waals surface area contributed by atoms with E-state index >= 15 is 0 Å². The van der Waals surface area contributed by atoms with Gasteiger partial charge in [-0.05, 0) is 0 Å². The minimum absolute atomic E-state index is 0.329. The highest BCUT2D eigenvalue weighted by Gasteiger charge is 2.27. The first-order valence-electron chi connectivity index (χ1n) is 7.78. The number of hydrogen-bond acceptors (Lipinski definition) is 7. The average molecular weight is 391 g/mol. The van der Waals surface area contributed by atoms with E-state index in [1.54, 1.807) is 4.52 Å². The fourth-order valence-electron chi connectivity index (χ4n) is 2.43. The van der Waals surface area contributed by atoms with Crippen LogP contribution in [-0.2, 0) is 23.2 Å². The van der Waals surface area contributed by atoms with E-state index in [2.05, 4.69) is 15.1 Å². The number of aromatic nitrogens is 4. The molecule has 1 fully saturated rings. The van der Waals surface area contributed by atoms with Gasteiger partial charge in [0.05, 0.1) is 19.2 Å². The van der Waals surface area contributed by atoms with Crippen molar-refractivity contribution in [2.45, 2.75) is 26.7 Å². The Kier molecular flexibility index (Phi) is 6.35. The summed E-state index contributed by atoms with van der Waals surface area (Å²) in [7, 11) is -4.67. The molecule has 2 aromatic heterocycles. The fourth-order valence-corrected chi connectivity index (χ4v) is 3.49. The third-order valence-corrected chi connectivity index (χ3v) is 4.61. The number of rotatable bonds is 3. The van der Waals surface area contributed by atoms with Crippen molar-refractivity contribution in [3.8, 4) is 0 Å². The first-order chi connectivity index (χ1) is 11.7. The summed E-state index contributed by atoms with van der Waals surface area (Å²) in [6, 6.07) is 1.81. The normalized spacial score (nSPS) is 17.2. The van der Waals surface area contributed by atoms with Crippen molar-refractivity contribution in [2.24, 2.45) is 0 Å². The second-order valence-electron chi connectivity index (χ2n) is 5.43. The molecule has 10 nitrogen and oxygen atoms in total. The number of thioether (sulfide) groups is 1. The Bertz CT molecular complexity index is 825. The third-order valence-electron chi connectivity index (χ3n) is 3.67. The van der Waals surface area contributed by atoms with Gasteiger partial charge in [-0.15, -0.1) is 5.10 Å². The molecule has 1 aliphatic rings. The molecule has 0 atom stereocenters. The largest absolute Gasteiger partial charge is 0.626 e. The number of aryl methyl sites for hydroxylation is 2. The molecular formula is C13H21N5O5S2. The maximum atomic E-state index is 12.9. The van der Waals surface area contributed by atoms with Gasteiger partial charge in [0.2, 0.25) is 5.82 Å². The molecule has 0 aliphatic carbocycles. The molecule has 3 rings (SSSR count). The fraction of sp³-hybridized carbons (Fsp3) is 0.615. The van der Waals surface area contributed by atoms with Gasteiger partial charge in [-0.1, -0.05) is 13.8 Å². The monoisotopic (exact) mass is 391 g/mol. The first-order valence-corrected chi connectivity index (χ1v) is 10.3. The van der Waals surface area contributed by atoms with Gasteiger partial charge in [0.25, 0.3) is 0 Å². The van der Waals surface area contributed by atoms with Gasteiger partial charge in [-0.25, -0.2) is 4.98 Å². The minimum atomic E-state index is -4.67. The molecule has 12 heteroatoms. The van der Waals surface area contributed by atoms with Crippen LogP contribution in [0.3, 0.4) is 0 Å². The summed E-state index contributed by atoms with van der Waals surface area (Å²) in [6.45, 7) is 5.23. The second-order valence-corrected chi connectivity index (χ2v) is 7.55. The van der Waals surface area contributed by atoms with E-state index in [1.165, 1.54) is 0 Å². The summed E-state index contributed by atoms with van der Waals surface area (Å²) < 4.78 is 33.0. The van der Waals surface area contributed by atoms with E-state index in [0.717, 1.165) is 41.6 Å². The summed E-state index contributed by atoms with van der Waals surface area (Å²) in [6.07, 6.45) is 1.53. The molecule has 0 spiro atoms. The quantitative estimate of drug-likeness (QED) is 0.447. The van der Waals surface area contributed by atoms with Gasteiger partial charge < -0.3 is 9.85 Å². The molecule has 25 heavy (non-hydrogen) atoms. The zero-order valence-electron chi connectivity index (χ0n) is 14.0. The van der Waals surface area contributed by atoms with Crippen LogP contribution in [-0.4, -0.2) is 61.7 Å². The molecule has 0 unspecified atom stereocenters. The van der Waals surface area contributed by atoms with Crippen LogP contribution in [0.5, 0.6) is 0 Å². The summed E-state index contributed by atoms with van der Waals surface area (Å²) in [5.74, 6) is 3.99. The molecule has 0 amide bonds. The van der Waals surface area contributed by atoms with Crippen LogP contribution in [0.25, 0.3) is 5.65 Å². The molecule has 0 radical (unpaired) electrons. The van der Waals surface area contributed by atoms with Crippen LogP contribution in [0, 0.1) is 5.21 Å². The molecule has 1 saturated heterocycles. The second kappa shape index (κ2) is 7.93. The Morgan fingerprint density at radius 2 is 1.84 bits per heavy atom. The van der Waals surface area contributed by atoms with Crippen LogP contribution in [0.4, 0.5) is 5.82 Å². The van der Waals surface area contributed by atoms with Crippen molar-refractivity contribution in [1.82, 2.24) is 24.2 Å². The maximum Gasteiger partial charge on any atom is 0.394 e. The third kappa shape index (κ3) is 5.33.